The summed E-state index contributed by atoms with van der Waals surface area (Å²) < 4.78 is 14.5. The Kier molecular flexibility index (Phi) is 4.01. The van der Waals surface area contributed by atoms with Gasteiger partial charge in [-0.15, -0.1) is 10.2 Å². The Labute approximate surface area is 164 Å². The van der Waals surface area contributed by atoms with Crippen LogP contribution >= 0.6 is 0 Å². The number of hydrogen-bond donors (Lipinski definition) is 0. The molecule has 4 aromatic heterocycles. The Bertz CT molecular complexity index is 1330. The maximum atomic E-state index is 6.01. The average molecular weight is 388 g/mol. The van der Waals surface area contributed by atoms with E-state index in [-0.39, 0.29) is 6.61 Å². The molecule has 0 saturated heterocycles. The number of nitrogens with zero attached hydrogens (tertiary/aromatic N) is 8. The van der Waals surface area contributed by atoms with Crippen molar-refractivity contribution in [1.82, 2.24) is 39.6 Å². The first-order valence-electron chi connectivity index (χ1n) is 8.83. The molecule has 0 radical (unpaired) electrons. The third-order valence-corrected chi connectivity index (χ3v) is 4.47. The number of pyridine rings is 1. The summed E-state index contributed by atoms with van der Waals surface area (Å²) in [4.78, 5) is 8.69. The van der Waals surface area contributed by atoms with Gasteiger partial charge in [-0.3, -0.25) is 9.67 Å². The summed E-state index contributed by atoms with van der Waals surface area (Å²) in [5.41, 5.74) is 2.32. The number of benzene rings is 1. The summed E-state index contributed by atoms with van der Waals surface area (Å²) in [5, 5.41) is 17.9. The van der Waals surface area contributed by atoms with Gasteiger partial charge in [0.2, 0.25) is 0 Å². The van der Waals surface area contributed by atoms with Crippen molar-refractivity contribution in [2.75, 3.05) is 7.11 Å². The fourth-order valence-electron chi connectivity index (χ4n) is 3.01. The molecule has 0 bridgehead atoms. The minimum absolute atomic E-state index is 0.178. The van der Waals surface area contributed by atoms with E-state index in [0.29, 0.717) is 23.0 Å². The van der Waals surface area contributed by atoms with Gasteiger partial charge in [0.25, 0.3) is 5.78 Å². The summed E-state index contributed by atoms with van der Waals surface area (Å²) in [7, 11) is 3.47. The first-order valence-corrected chi connectivity index (χ1v) is 8.83. The van der Waals surface area contributed by atoms with Crippen LogP contribution in [-0.2, 0) is 13.7 Å². The highest BCUT2D eigenvalue weighted by atomic mass is 16.5. The molecular weight excluding hydrogens is 372 g/mol. The largest absolute Gasteiger partial charge is 0.497 e. The molecule has 0 aliphatic carbocycles. The molecular formula is C19H16N8O2. The lowest BCUT2D eigenvalue weighted by molar-refractivity contribution is 0.296. The maximum absolute atomic E-state index is 6.01. The second-order valence-electron chi connectivity index (χ2n) is 6.35. The van der Waals surface area contributed by atoms with E-state index in [0.717, 1.165) is 22.2 Å². The van der Waals surface area contributed by atoms with Gasteiger partial charge in [-0.2, -0.15) is 14.7 Å². The fourth-order valence-corrected chi connectivity index (χ4v) is 3.01. The highest BCUT2D eigenvalue weighted by Crippen LogP contribution is 2.27. The van der Waals surface area contributed by atoms with E-state index in [2.05, 4.69) is 30.4 Å². The highest BCUT2D eigenvalue weighted by Gasteiger charge is 2.13. The van der Waals surface area contributed by atoms with Crippen LogP contribution in [0.4, 0.5) is 0 Å². The standard InChI is InChI=1S/C19H16N8O2/c1-26-10-12(8-22-26)16-9-21-19-24-23-18(27(19)25-16)11-29-17-5-6-20-15-7-13(28-2)3-4-14(15)17/h3-10H,11H2,1-2H3. The smallest absolute Gasteiger partial charge is 0.272 e. The van der Waals surface area contributed by atoms with Gasteiger partial charge in [0.05, 0.1) is 25.0 Å². The molecule has 10 nitrogen and oxygen atoms in total. The molecule has 5 aromatic rings. The highest BCUT2D eigenvalue weighted by molar-refractivity contribution is 5.85. The van der Waals surface area contributed by atoms with Crippen molar-refractivity contribution in [2.24, 2.45) is 7.05 Å². The van der Waals surface area contributed by atoms with Crippen LogP contribution in [0.15, 0.2) is 49.1 Å². The van der Waals surface area contributed by atoms with Gasteiger partial charge >= 0.3 is 0 Å². The minimum Gasteiger partial charge on any atom is -0.497 e. The van der Waals surface area contributed by atoms with Gasteiger partial charge in [-0.1, -0.05) is 0 Å². The molecule has 0 unspecified atom stereocenters. The van der Waals surface area contributed by atoms with Gasteiger partial charge in [0.1, 0.15) is 23.8 Å². The van der Waals surface area contributed by atoms with Crippen molar-refractivity contribution in [1.29, 1.82) is 0 Å². The van der Waals surface area contributed by atoms with E-state index >= 15 is 0 Å². The monoisotopic (exact) mass is 388 g/mol. The molecule has 1 aromatic carbocycles. The first-order chi connectivity index (χ1) is 14.2. The molecule has 0 saturated carbocycles. The SMILES string of the molecule is COc1ccc2c(OCc3nnc4ncc(-c5cnn(C)c5)nn34)ccnc2c1. The van der Waals surface area contributed by atoms with Crippen LogP contribution in [-0.4, -0.2) is 46.7 Å². The van der Waals surface area contributed by atoms with Crippen molar-refractivity contribution < 1.29 is 9.47 Å². The van der Waals surface area contributed by atoms with Crippen molar-refractivity contribution in [3.05, 3.63) is 54.9 Å². The molecule has 0 spiro atoms. The number of hydrogen-bond acceptors (Lipinski definition) is 8. The van der Waals surface area contributed by atoms with Gasteiger partial charge in [0, 0.05) is 36.5 Å². The van der Waals surface area contributed by atoms with E-state index < -0.39 is 0 Å². The zero-order chi connectivity index (χ0) is 19.8. The van der Waals surface area contributed by atoms with Gasteiger partial charge in [-0.05, 0) is 18.2 Å². The lowest BCUT2D eigenvalue weighted by Crippen LogP contribution is -2.05. The van der Waals surface area contributed by atoms with E-state index in [4.69, 9.17) is 9.47 Å². The second kappa shape index (κ2) is 6.82. The molecule has 0 fully saturated rings. The Balaban J connectivity index is 1.46. The van der Waals surface area contributed by atoms with Gasteiger partial charge in [-0.25, -0.2) is 4.98 Å². The third kappa shape index (κ3) is 3.10. The number of ether oxygens (including phenoxy) is 2. The molecule has 10 heteroatoms. The number of fused-ring (bicyclic) bond motifs is 2. The van der Waals surface area contributed by atoms with Crippen molar-refractivity contribution in [3.8, 4) is 22.8 Å². The normalized spacial score (nSPS) is 11.2. The molecule has 5 rings (SSSR count). The zero-order valence-electron chi connectivity index (χ0n) is 15.7. The first kappa shape index (κ1) is 17.0. The zero-order valence-corrected chi connectivity index (χ0v) is 15.7. The van der Waals surface area contributed by atoms with Crippen LogP contribution in [0.2, 0.25) is 0 Å². The molecule has 4 heterocycles. The number of methoxy groups -OCH3 is 1. The Morgan fingerprint density at radius 1 is 1.07 bits per heavy atom. The molecule has 0 aliphatic heterocycles. The Morgan fingerprint density at radius 3 is 2.83 bits per heavy atom. The topological polar surface area (TPSA) is 105 Å². The fraction of sp³-hybridized carbons (Fsp3) is 0.158. The quantitative estimate of drug-likeness (QED) is 0.450. The lowest BCUT2D eigenvalue weighted by Gasteiger charge is -2.09. The number of aryl methyl sites for hydroxylation is 1. The summed E-state index contributed by atoms with van der Waals surface area (Å²) in [6, 6.07) is 7.46. The molecule has 0 amide bonds. The van der Waals surface area contributed by atoms with E-state index in [1.165, 1.54) is 0 Å². The van der Waals surface area contributed by atoms with Crippen LogP contribution in [0, 0.1) is 0 Å². The Hall–Kier alpha value is -4.08. The Morgan fingerprint density at radius 2 is 2.00 bits per heavy atom. The van der Waals surface area contributed by atoms with Crippen LogP contribution in [0.1, 0.15) is 5.82 Å². The molecule has 29 heavy (non-hydrogen) atoms. The number of aromatic nitrogens is 8. The van der Waals surface area contributed by atoms with Crippen LogP contribution < -0.4 is 9.47 Å². The minimum atomic E-state index is 0.178. The van der Waals surface area contributed by atoms with Crippen LogP contribution in [0.25, 0.3) is 27.9 Å². The van der Waals surface area contributed by atoms with E-state index in [9.17, 15) is 0 Å². The lowest BCUT2D eigenvalue weighted by atomic mass is 10.2. The summed E-state index contributed by atoms with van der Waals surface area (Å²) in [5.74, 6) is 2.37. The molecule has 144 valence electrons. The average Bonchev–Trinajstić information content (AvgIpc) is 3.37. The van der Waals surface area contributed by atoms with Crippen LogP contribution in [0.5, 0.6) is 11.5 Å². The van der Waals surface area contributed by atoms with Gasteiger partial charge < -0.3 is 9.47 Å². The molecule has 0 N–H and O–H groups in total. The molecule has 0 atom stereocenters. The predicted octanol–water partition coefficient (Wildman–Crippen LogP) is 2.06. The third-order valence-electron chi connectivity index (χ3n) is 4.47. The summed E-state index contributed by atoms with van der Waals surface area (Å²) >= 11 is 0. The van der Waals surface area contributed by atoms with Gasteiger partial charge in [0.15, 0.2) is 5.82 Å². The van der Waals surface area contributed by atoms with Crippen molar-refractivity contribution in [2.45, 2.75) is 6.61 Å². The second-order valence-corrected chi connectivity index (χ2v) is 6.35. The summed E-state index contributed by atoms with van der Waals surface area (Å²) in [6.07, 6.45) is 6.94. The predicted molar refractivity (Wildman–Crippen MR) is 103 cm³/mol. The van der Waals surface area contributed by atoms with Crippen molar-refractivity contribution in [3.63, 3.8) is 0 Å². The summed E-state index contributed by atoms with van der Waals surface area (Å²) in [6.45, 7) is 0.178. The maximum Gasteiger partial charge on any atom is 0.272 e. The molecule has 0 aliphatic rings. The van der Waals surface area contributed by atoms with E-state index in [1.807, 2.05) is 37.5 Å². The number of rotatable bonds is 5. The van der Waals surface area contributed by atoms with E-state index in [1.54, 1.807) is 34.9 Å². The van der Waals surface area contributed by atoms with Crippen molar-refractivity contribution >= 4 is 16.7 Å². The van der Waals surface area contributed by atoms with Crippen LogP contribution in [0.3, 0.4) is 0 Å².